The van der Waals surface area contributed by atoms with Gasteiger partial charge in [0, 0.05) is 6.54 Å². The Morgan fingerprint density at radius 1 is 1.62 bits per heavy atom. The van der Waals surface area contributed by atoms with Crippen LogP contribution in [-0.2, 0) is 4.79 Å². The highest BCUT2D eigenvalue weighted by molar-refractivity contribution is 5.81. The van der Waals surface area contributed by atoms with Crippen LogP contribution in [0.2, 0.25) is 0 Å². The number of nitrogens with two attached hydrogens (primary N) is 1. The Bertz CT molecular complexity index is 163. The minimum absolute atomic E-state index is 0.191. The van der Waals surface area contributed by atoms with Crippen molar-refractivity contribution in [1.29, 1.82) is 0 Å². The van der Waals surface area contributed by atoms with Crippen molar-refractivity contribution < 1.29 is 9.90 Å². The zero-order chi connectivity index (χ0) is 10.5. The molecule has 0 aliphatic rings. The van der Waals surface area contributed by atoms with Gasteiger partial charge in [-0.3, -0.25) is 4.79 Å². The van der Waals surface area contributed by atoms with Gasteiger partial charge in [-0.15, -0.1) is 0 Å². The zero-order valence-electron chi connectivity index (χ0n) is 8.63. The molecule has 0 spiro atoms. The quantitative estimate of drug-likeness (QED) is 0.568. The van der Waals surface area contributed by atoms with Crippen LogP contribution in [0.3, 0.4) is 0 Å². The van der Waals surface area contributed by atoms with Gasteiger partial charge in [-0.1, -0.05) is 13.3 Å². The fraction of sp³-hybridized carbons (Fsp3) is 0.889. The summed E-state index contributed by atoms with van der Waals surface area (Å²) < 4.78 is 0. The van der Waals surface area contributed by atoms with E-state index < -0.39 is 11.6 Å². The molecule has 4 nitrogen and oxygen atoms in total. The van der Waals surface area contributed by atoms with Gasteiger partial charge in [-0.25, -0.2) is 0 Å². The van der Waals surface area contributed by atoms with Crippen molar-refractivity contribution in [3.05, 3.63) is 0 Å². The monoisotopic (exact) mass is 188 g/mol. The molecule has 0 aromatic carbocycles. The van der Waals surface area contributed by atoms with Crippen molar-refractivity contribution in [2.45, 2.75) is 45.3 Å². The molecule has 1 amide bonds. The zero-order valence-corrected chi connectivity index (χ0v) is 8.63. The second-order valence-electron chi connectivity index (χ2n) is 3.93. The maximum absolute atomic E-state index is 11.2. The molecular weight excluding hydrogens is 168 g/mol. The highest BCUT2D eigenvalue weighted by Crippen LogP contribution is 1.98. The molecule has 0 radical (unpaired) electrons. The summed E-state index contributed by atoms with van der Waals surface area (Å²) in [7, 11) is 0. The van der Waals surface area contributed by atoms with Crippen molar-refractivity contribution in [2.75, 3.05) is 6.54 Å². The number of hydrogen-bond donors (Lipinski definition) is 3. The molecule has 0 aliphatic carbocycles. The topological polar surface area (TPSA) is 75.4 Å². The third-order valence-electron chi connectivity index (χ3n) is 1.63. The second kappa shape index (κ2) is 5.19. The van der Waals surface area contributed by atoms with E-state index in [9.17, 15) is 9.90 Å². The van der Waals surface area contributed by atoms with E-state index in [0.717, 1.165) is 6.42 Å². The van der Waals surface area contributed by atoms with Crippen LogP contribution in [0.5, 0.6) is 0 Å². The van der Waals surface area contributed by atoms with E-state index in [4.69, 9.17) is 5.73 Å². The maximum atomic E-state index is 11.2. The van der Waals surface area contributed by atoms with Crippen LogP contribution >= 0.6 is 0 Å². The summed E-state index contributed by atoms with van der Waals surface area (Å²) in [5.74, 6) is -0.191. The maximum Gasteiger partial charge on any atom is 0.237 e. The Hall–Kier alpha value is -0.610. The van der Waals surface area contributed by atoms with E-state index in [1.54, 1.807) is 13.8 Å². The van der Waals surface area contributed by atoms with Gasteiger partial charge in [0.25, 0.3) is 0 Å². The van der Waals surface area contributed by atoms with E-state index in [0.29, 0.717) is 6.42 Å². The van der Waals surface area contributed by atoms with Crippen LogP contribution in [0.25, 0.3) is 0 Å². The SMILES string of the molecule is CCC[C@H](N)C(=O)NCC(C)(C)O. The highest BCUT2D eigenvalue weighted by atomic mass is 16.3. The number of amides is 1. The summed E-state index contributed by atoms with van der Waals surface area (Å²) in [6.07, 6.45) is 1.56. The van der Waals surface area contributed by atoms with Gasteiger partial charge in [0.2, 0.25) is 5.91 Å². The van der Waals surface area contributed by atoms with Crippen LogP contribution in [0.15, 0.2) is 0 Å². The van der Waals surface area contributed by atoms with Crippen molar-refractivity contribution in [3.8, 4) is 0 Å². The van der Waals surface area contributed by atoms with Crippen LogP contribution < -0.4 is 11.1 Å². The summed E-state index contributed by atoms with van der Waals surface area (Å²) in [4.78, 5) is 11.2. The molecule has 78 valence electrons. The first-order chi connectivity index (χ1) is 5.87. The lowest BCUT2D eigenvalue weighted by Crippen LogP contribution is -2.45. The fourth-order valence-corrected chi connectivity index (χ4v) is 0.877. The van der Waals surface area contributed by atoms with Gasteiger partial charge in [0.1, 0.15) is 0 Å². The van der Waals surface area contributed by atoms with Gasteiger partial charge >= 0.3 is 0 Å². The van der Waals surface area contributed by atoms with Crippen LogP contribution in [0.4, 0.5) is 0 Å². The molecule has 4 heteroatoms. The molecule has 0 aliphatic heterocycles. The van der Waals surface area contributed by atoms with Gasteiger partial charge in [-0.2, -0.15) is 0 Å². The Morgan fingerprint density at radius 3 is 2.54 bits per heavy atom. The highest BCUT2D eigenvalue weighted by Gasteiger charge is 2.17. The molecule has 1 atom stereocenters. The number of nitrogens with one attached hydrogen (secondary N) is 1. The number of carbonyl (C=O) groups excluding carboxylic acids is 1. The van der Waals surface area contributed by atoms with Crippen LogP contribution in [-0.4, -0.2) is 29.2 Å². The fourth-order valence-electron chi connectivity index (χ4n) is 0.877. The van der Waals surface area contributed by atoms with E-state index in [-0.39, 0.29) is 12.5 Å². The molecule has 0 rings (SSSR count). The van der Waals surface area contributed by atoms with Crippen molar-refractivity contribution in [1.82, 2.24) is 5.32 Å². The predicted octanol–water partition coefficient (Wildman–Crippen LogP) is 0.000900. The molecule has 0 saturated heterocycles. The third-order valence-corrected chi connectivity index (χ3v) is 1.63. The summed E-state index contributed by atoms with van der Waals surface area (Å²) in [5, 5.41) is 11.9. The lowest BCUT2D eigenvalue weighted by molar-refractivity contribution is -0.123. The molecule has 0 aromatic rings. The summed E-state index contributed by atoms with van der Waals surface area (Å²) in [6.45, 7) is 5.49. The van der Waals surface area contributed by atoms with E-state index in [2.05, 4.69) is 5.32 Å². The molecule has 0 bridgehead atoms. The van der Waals surface area contributed by atoms with Crippen molar-refractivity contribution in [2.24, 2.45) is 5.73 Å². The largest absolute Gasteiger partial charge is 0.389 e. The normalized spacial score (nSPS) is 13.9. The first-order valence-corrected chi connectivity index (χ1v) is 4.62. The van der Waals surface area contributed by atoms with Gasteiger partial charge in [0.15, 0.2) is 0 Å². The van der Waals surface area contributed by atoms with Crippen LogP contribution in [0, 0.1) is 0 Å². The summed E-state index contributed by atoms with van der Waals surface area (Å²) in [5.41, 5.74) is 4.69. The van der Waals surface area contributed by atoms with Crippen molar-refractivity contribution in [3.63, 3.8) is 0 Å². The molecule has 0 unspecified atom stereocenters. The predicted molar refractivity (Wildman–Crippen MR) is 52.2 cm³/mol. The lowest BCUT2D eigenvalue weighted by Gasteiger charge is -2.19. The first-order valence-electron chi connectivity index (χ1n) is 4.62. The molecule has 0 heterocycles. The average molecular weight is 188 g/mol. The van der Waals surface area contributed by atoms with Gasteiger partial charge in [0.05, 0.1) is 11.6 Å². The number of carbonyl (C=O) groups is 1. The third kappa shape index (κ3) is 6.54. The average Bonchev–Trinajstić information content (AvgIpc) is 1.99. The Labute approximate surface area is 79.5 Å². The Kier molecular flexibility index (Phi) is 4.95. The molecule has 4 N–H and O–H groups in total. The first kappa shape index (κ1) is 12.4. The van der Waals surface area contributed by atoms with Gasteiger partial charge < -0.3 is 16.2 Å². The minimum atomic E-state index is -0.873. The molecule has 0 saturated carbocycles. The number of hydrogen-bond acceptors (Lipinski definition) is 3. The molecule has 0 fully saturated rings. The van der Waals surface area contributed by atoms with E-state index >= 15 is 0 Å². The second-order valence-corrected chi connectivity index (χ2v) is 3.93. The molecule has 13 heavy (non-hydrogen) atoms. The lowest BCUT2D eigenvalue weighted by atomic mass is 10.1. The molecular formula is C9H20N2O2. The minimum Gasteiger partial charge on any atom is -0.389 e. The standard InChI is InChI=1S/C9H20N2O2/c1-4-5-7(10)8(12)11-6-9(2,3)13/h7,13H,4-6,10H2,1-3H3,(H,11,12)/t7-/m0/s1. The van der Waals surface area contributed by atoms with Crippen LogP contribution in [0.1, 0.15) is 33.6 Å². The van der Waals surface area contributed by atoms with E-state index in [1.807, 2.05) is 6.92 Å². The summed E-state index contributed by atoms with van der Waals surface area (Å²) >= 11 is 0. The smallest absolute Gasteiger partial charge is 0.237 e. The molecule has 0 aromatic heterocycles. The number of rotatable bonds is 5. The Morgan fingerprint density at radius 2 is 2.15 bits per heavy atom. The number of aliphatic hydroxyl groups is 1. The van der Waals surface area contributed by atoms with Crippen molar-refractivity contribution >= 4 is 5.91 Å². The Balaban J connectivity index is 3.74. The van der Waals surface area contributed by atoms with Gasteiger partial charge in [-0.05, 0) is 20.3 Å². The van der Waals surface area contributed by atoms with E-state index in [1.165, 1.54) is 0 Å². The summed E-state index contributed by atoms with van der Waals surface area (Å²) in [6, 6.07) is -0.452.